The third-order valence-electron chi connectivity index (χ3n) is 4.80. The van der Waals surface area contributed by atoms with Crippen molar-refractivity contribution in [2.24, 2.45) is 0 Å². The van der Waals surface area contributed by atoms with E-state index in [-0.39, 0.29) is 11.9 Å². The van der Waals surface area contributed by atoms with Crippen LogP contribution in [0.25, 0.3) is 10.8 Å². The lowest BCUT2D eigenvalue weighted by Gasteiger charge is -2.12. The van der Waals surface area contributed by atoms with Crippen molar-refractivity contribution in [2.75, 3.05) is 10.6 Å². The summed E-state index contributed by atoms with van der Waals surface area (Å²) in [7, 11) is 0. The van der Waals surface area contributed by atoms with E-state index in [9.17, 15) is 4.79 Å². The van der Waals surface area contributed by atoms with E-state index in [4.69, 9.17) is 16.3 Å². The first-order chi connectivity index (χ1) is 15.4. The summed E-state index contributed by atoms with van der Waals surface area (Å²) in [5.74, 6) is 1.36. The summed E-state index contributed by atoms with van der Waals surface area (Å²) in [5, 5.41) is 8.38. The van der Waals surface area contributed by atoms with Gasteiger partial charge in [-0.1, -0.05) is 29.8 Å². The van der Waals surface area contributed by atoms with Gasteiger partial charge in [-0.2, -0.15) is 4.98 Å². The Balaban J connectivity index is 1.57. The molecule has 6 nitrogen and oxygen atoms in total. The average molecular weight is 447 g/mol. The van der Waals surface area contributed by atoms with Gasteiger partial charge in [0.1, 0.15) is 5.75 Å². The van der Waals surface area contributed by atoms with E-state index in [1.807, 2.05) is 63.2 Å². The Morgan fingerprint density at radius 1 is 1.06 bits per heavy atom. The molecule has 4 aromatic rings. The van der Waals surface area contributed by atoms with Crippen LogP contribution < -0.4 is 15.4 Å². The standard InChI is InChI=1S/C25H23ClN4O2/c1-15(2)28-25-27-12-11-23(30-25)32-19-9-10-20-17(13-19)5-4-6-21(20)24(31)29-18-8-7-16(3)22(26)14-18/h4-15H,1-3H3,(H,29,31)(H,27,28,30). The minimum Gasteiger partial charge on any atom is -0.439 e. The van der Waals surface area contributed by atoms with E-state index in [0.717, 1.165) is 16.3 Å². The summed E-state index contributed by atoms with van der Waals surface area (Å²) in [6, 6.07) is 18.5. The number of ether oxygens (including phenoxy) is 1. The van der Waals surface area contributed by atoms with Gasteiger partial charge < -0.3 is 15.4 Å². The number of carbonyl (C=O) groups excluding carboxylic acids is 1. The zero-order chi connectivity index (χ0) is 22.7. The predicted octanol–water partition coefficient (Wildman–Crippen LogP) is 6.46. The monoisotopic (exact) mass is 446 g/mol. The van der Waals surface area contributed by atoms with Gasteiger partial charge in [-0.15, -0.1) is 0 Å². The number of aryl methyl sites for hydroxylation is 1. The third kappa shape index (κ3) is 4.98. The first-order valence-electron chi connectivity index (χ1n) is 10.3. The second-order valence-electron chi connectivity index (χ2n) is 7.73. The van der Waals surface area contributed by atoms with E-state index < -0.39 is 0 Å². The summed E-state index contributed by atoms with van der Waals surface area (Å²) >= 11 is 6.18. The normalized spacial score (nSPS) is 10.9. The van der Waals surface area contributed by atoms with Crippen LogP contribution >= 0.6 is 11.6 Å². The molecular formula is C25H23ClN4O2. The number of carbonyl (C=O) groups is 1. The number of amides is 1. The highest BCUT2D eigenvalue weighted by Gasteiger charge is 2.12. The van der Waals surface area contributed by atoms with Crippen LogP contribution in [-0.2, 0) is 0 Å². The quantitative estimate of drug-likeness (QED) is 0.355. The van der Waals surface area contributed by atoms with Crippen LogP contribution in [0.5, 0.6) is 11.6 Å². The van der Waals surface area contributed by atoms with Crippen molar-refractivity contribution >= 4 is 39.9 Å². The lowest BCUT2D eigenvalue weighted by atomic mass is 10.0. The summed E-state index contributed by atoms with van der Waals surface area (Å²) < 4.78 is 5.92. The number of aromatic nitrogens is 2. The molecule has 2 N–H and O–H groups in total. The molecule has 0 aliphatic rings. The molecule has 0 radical (unpaired) electrons. The first-order valence-corrected chi connectivity index (χ1v) is 10.6. The molecule has 4 rings (SSSR count). The van der Waals surface area contributed by atoms with E-state index >= 15 is 0 Å². The largest absolute Gasteiger partial charge is 0.439 e. The summed E-state index contributed by atoms with van der Waals surface area (Å²) in [5.41, 5.74) is 2.17. The van der Waals surface area contributed by atoms with Crippen molar-refractivity contribution in [2.45, 2.75) is 26.8 Å². The molecule has 0 saturated heterocycles. The van der Waals surface area contributed by atoms with Crippen molar-refractivity contribution in [1.82, 2.24) is 9.97 Å². The van der Waals surface area contributed by atoms with Crippen molar-refractivity contribution in [3.8, 4) is 11.6 Å². The number of rotatable bonds is 6. The molecule has 0 unspecified atom stereocenters. The van der Waals surface area contributed by atoms with E-state index in [1.54, 1.807) is 24.4 Å². The third-order valence-corrected chi connectivity index (χ3v) is 5.20. The van der Waals surface area contributed by atoms with Crippen LogP contribution in [0.3, 0.4) is 0 Å². The van der Waals surface area contributed by atoms with Crippen LogP contribution in [-0.4, -0.2) is 21.9 Å². The van der Waals surface area contributed by atoms with Crippen molar-refractivity contribution < 1.29 is 9.53 Å². The van der Waals surface area contributed by atoms with Gasteiger partial charge in [0.15, 0.2) is 0 Å². The molecule has 0 aliphatic heterocycles. The molecule has 0 fully saturated rings. The van der Waals surface area contributed by atoms with Gasteiger partial charge in [0, 0.05) is 34.6 Å². The molecule has 1 heterocycles. The number of halogens is 1. The Hall–Kier alpha value is -3.64. The van der Waals surface area contributed by atoms with Gasteiger partial charge in [-0.05, 0) is 73.5 Å². The SMILES string of the molecule is Cc1ccc(NC(=O)c2cccc3cc(Oc4ccnc(NC(C)C)n4)ccc23)cc1Cl. The number of benzene rings is 3. The Kier molecular flexibility index (Phi) is 6.23. The van der Waals surface area contributed by atoms with Crippen LogP contribution in [0, 0.1) is 6.92 Å². The molecule has 0 atom stereocenters. The first kappa shape index (κ1) is 21.6. The molecule has 1 amide bonds. The molecular weight excluding hydrogens is 424 g/mol. The fourth-order valence-corrected chi connectivity index (χ4v) is 3.42. The zero-order valence-corrected chi connectivity index (χ0v) is 18.8. The molecule has 162 valence electrons. The molecule has 3 aromatic carbocycles. The molecule has 0 bridgehead atoms. The summed E-state index contributed by atoms with van der Waals surface area (Å²) in [6.07, 6.45) is 1.65. The minimum atomic E-state index is -0.204. The van der Waals surface area contributed by atoms with Crippen LogP contribution in [0.4, 0.5) is 11.6 Å². The van der Waals surface area contributed by atoms with E-state index in [2.05, 4.69) is 20.6 Å². The van der Waals surface area contributed by atoms with Crippen molar-refractivity contribution in [1.29, 1.82) is 0 Å². The summed E-state index contributed by atoms with van der Waals surface area (Å²) in [6.45, 7) is 5.95. The second kappa shape index (κ2) is 9.24. The van der Waals surface area contributed by atoms with Gasteiger partial charge in [0.05, 0.1) is 0 Å². The number of anilines is 2. The second-order valence-corrected chi connectivity index (χ2v) is 8.13. The Morgan fingerprint density at radius 2 is 1.91 bits per heavy atom. The number of nitrogens with zero attached hydrogens (tertiary/aromatic N) is 2. The molecule has 0 spiro atoms. The Labute approximate surface area is 191 Å². The van der Waals surface area contributed by atoms with Crippen LogP contribution in [0.2, 0.25) is 5.02 Å². The highest BCUT2D eigenvalue weighted by atomic mass is 35.5. The topological polar surface area (TPSA) is 76.1 Å². The highest BCUT2D eigenvalue weighted by molar-refractivity contribution is 6.31. The Morgan fingerprint density at radius 3 is 2.69 bits per heavy atom. The lowest BCUT2D eigenvalue weighted by Crippen LogP contribution is -2.12. The predicted molar refractivity (Wildman–Crippen MR) is 129 cm³/mol. The maximum absolute atomic E-state index is 12.9. The molecule has 32 heavy (non-hydrogen) atoms. The molecule has 7 heteroatoms. The smallest absolute Gasteiger partial charge is 0.256 e. The number of nitrogens with one attached hydrogen (secondary N) is 2. The molecule has 0 aliphatic carbocycles. The van der Waals surface area contributed by atoms with E-state index in [1.165, 1.54) is 0 Å². The summed E-state index contributed by atoms with van der Waals surface area (Å²) in [4.78, 5) is 21.5. The van der Waals surface area contributed by atoms with Gasteiger partial charge in [-0.25, -0.2) is 4.98 Å². The number of hydrogen-bond acceptors (Lipinski definition) is 5. The number of fused-ring (bicyclic) bond motifs is 1. The lowest BCUT2D eigenvalue weighted by molar-refractivity contribution is 0.102. The number of hydrogen-bond donors (Lipinski definition) is 2. The molecule has 0 saturated carbocycles. The van der Waals surface area contributed by atoms with Crippen molar-refractivity contribution in [3.05, 3.63) is 83.0 Å². The minimum absolute atomic E-state index is 0.204. The van der Waals surface area contributed by atoms with Crippen molar-refractivity contribution in [3.63, 3.8) is 0 Å². The highest BCUT2D eigenvalue weighted by Crippen LogP contribution is 2.28. The average Bonchev–Trinajstić information content (AvgIpc) is 2.75. The van der Waals surface area contributed by atoms with Crippen LogP contribution in [0.15, 0.2) is 66.9 Å². The van der Waals surface area contributed by atoms with Gasteiger partial charge in [0.2, 0.25) is 11.8 Å². The van der Waals surface area contributed by atoms with Gasteiger partial charge in [-0.3, -0.25) is 4.79 Å². The maximum atomic E-state index is 12.9. The van der Waals surface area contributed by atoms with Crippen LogP contribution in [0.1, 0.15) is 29.8 Å². The zero-order valence-electron chi connectivity index (χ0n) is 18.0. The Bertz CT molecular complexity index is 1290. The fraction of sp³-hybridized carbons (Fsp3) is 0.160. The molecule has 1 aromatic heterocycles. The maximum Gasteiger partial charge on any atom is 0.256 e. The van der Waals surface area contributed by atoms with E-state index in [0.29, 0.717) is 33.9 Å². The van der Waals surface area contributed by atoms with Gasteiger partial charge in [0.25, 0.3) is 5.91 Å². The fourth-order valence-electron chi connectivity index (χ4n) is 3.24. The van der Waals surface area contributed by atoms with Gasteiger partial charge >= 0.3 is 0 Å².